The van der Waals surface area contributed by atoms with Crippen molar-refractivity contribution in [2.24, 2.45) is 0 Å². The molecule has 3 rings (SSSR count). The van der Waals surface area contributed by atoms with Crippen LogP contribution in [-0.2, 0) is 22.5 Å². The lowest BCUT2D eigenvalue weighted by molar-refractivity contribution is 0.333. The van der Waals surface area contributed by atoms with Crippen LogP contribution in [0, 0.1) is 0 Å². The first kappa shape index (κ1) is 14.1. The second kappa shape index (κ2) is 5.89. The summed E-state index contributed by atoms with van der Waals surface area (Å²) in [7, 11) is 0. The van der Waals surface area contributed by atoms with Crippen LogP contribution >= 0.6 is 0 Å². The Bertz CT molecular complexity index is 694. The molecule has 0 radical (unpaired) electrons. The Balaban J connectivity index is 1.79. The van der Waals surface area contributed by atoms with Crippen LogP contribution in [0.3, 0.4) is 0 Å². The Kier molecular flexibility index (Phi) is 3.96. The van der Waals surface area contributed by atoms with Crippen molar-refractivity contribution < 1.29 is 18.2 Å². The number of hydrogen-bond donors (Lipinski definition) is 2. The largest absolute Gasteiger partial charge is 0.457 e. The van der Waals surface area contributed by atoms with Gasteiger partial charge in [-0.15, -0.1) is 0 Å². The summed E-state index contributed by atoms with van der Waals surface area (Å²) >= 11 is -2.10. The van der Waals surface area contributed by atoms with Gasteiger partial charge in [0.1, 0.15) is 11.5 Å². The molecule has 1 unspecified atom stereocenters. The Morgan fingerprint density at radius 1 is 1.29 bits per heavy atom. The number of ether oxygens (including phenoxy) is 1. The smallest absolute Gasteiger partial charge is 0.324 e. The number of anilines is 1. The zero-order valence-corrected chi connectivity index (χ0v) is 12.2. The van der Waals surface area contributed by atoms with Crippen molar-refractivity contribution >= 4 is 29.3 Å². The first-order valence-corrected chi connectivity index (χ1v) is 7.62. The van der Waals surface area contributed by atoms with E-state index in [1.54, 1.807) is 24.3 Å². The molecule has 1 aliphatic rings. The maximum absolute atomic E-state index is 10.7. The predicted molar refractivity (Wildman–Crippen MR) is 83.4 cm³/mol. The van der Waals surface area contributed by atoms with Crippen LogP contribution in [0.25, 0.3) is 0 Å². The Hall–Kier alpha value is -1.83. The molecule has 0 saturated carbocycles. The lowest BCUT2D eigenvalue weighted by atomic mass is 9.64. The fourth-order valence-electron chi connectivity index (χ4n) is 2.33. The van der Waals surface area contributed by atoms with Gasteiger partial charge in [-0.1, -0.05) is 19.0 Å². The third-order valence-electron chi connectivity index (χ3n) is 3.32. The van der Waals surface area contributed by atoms with Gasteiger partial charge in [0.05, 0.1) is 12.3 Å². The van der Waals surface area contributed by atoms with Crippen LogP contribution in [0.2, 0.25) is 6.82 Å². The molecule has 2 aromatic rings. The summed E-state index contributed by atoms with van der Waals surface area (Å²) in [6.07, 6.45) is 0. The monoisotopic (exact) mass is 303 g/mol. The van der Waals surface area contributed by atoms with E-state index < -0.39 is 11.3 Å². The first-order chi connectivity index (χ1) is 10.1. The quantitative estimate of drug-likeness (QED) is 0.672. The third kappa shape index (κ3) is 3.26. The highest BCUT2D eigenvalue weighted by Gasteiger charge is 2.23. The van der Waals surface area contributed by atoms with E-state index in [1.165, 1.54) is 5.46 Å². The van der Waals surface area contributed by atoms with Crippen molar-refractivity contribution in [1.82, 2.24) is 0 Å². The summed E-state index contributed by atoms with van der Waals surface area (Å²) in [5.74, 6) is 1.31. The van der Waals surface area contributed by atoms with Gasteiger partial charge in [0.15, 0.2) is 0 Å². The van der Waals surface area contributed by atoms with Crippen LogP contribution in [0.4, 0.5) is 5.69 Å². The van der Waals surface area contributed by atoms with Gasteiger partial charge in [-0.25, -0.2) is 4.21 Å². The van der Waals surface area contributed by atoms with Crippen molar-refractivity contribution in [2.75, 3.05) is 4.72 Å². The molecule has 0 amide bonds. The van der Waals surface area contributed by atoms with E-state index in [4.69, 9.17) is 13.9 Å². The lowest BCUT2D eigenvalue weighted by Gasteiger charge is -2.09. The molecule has 0 saturated heterocycles. The topological polar surface area (TPSA) is 67.8 Å². The first-order valence-electron chi connectivity index (χ1n) is 6.51. The van der Waals surface area contributed by atoms with Crippen molar-refractivity contribution in [3.8, 4) is 11.5 Å². The Labute approximate surface area is 125 Å². The highest BCUT2D eigenvalue weighted by atomic mass is 32.2. The van der Waals surface area contributed by atoms with E-state index in [9.17, 15) is 4.21 Å². The number of fused-ring (bicyclic) bond motifs is 1. The fourth-order valence-corrected chi connectivity index (χ4v) is 2.66. The molecule has 1 atom stereocenters. The van der Waals surface area contributed by atoms with Crippen molar-refractivity contribution in [1.29, 1.82) is 0 Å². The van der Waals surface area contributed by atoms with Crippen molar-refractivity contribution in [2.45, 2.75) is 13.4 Å². The fraction of sp³-hybridized carbons (Fsp3) is 0.143. The zero-order chi connectivity index (χ0) is 14.8. The third-order valence-corrected chi connectivity index (χ3v) is 3.73. The molecule has 1 aliphatic heterocycles. The molecule has 0 bridgehead atoms. The van der Waals surface area contributed by atoms with E-state index >= 15 is 0 Å². The average Bonchev–Trinajstić information content (AvgIpc) is 2.80. The summed E-state index contributed by atoms with van der Waals surface area (Å²) in [4.78, 5) is 0. The molecule has 0 aromatic heterocycles. The molecule has 108 valence electrons. The summed E-state index contributed by atoms with van der Waals surface area (Å²) in [6, 6.07) is 12.8. The maximum atomic E-state index is 10.7. The maximum Gasteiger partial charge on any atom is 0.324 e. The summed E-state index contributed by atoms with van der Waals surface area (Å²) in [5.41, 5.74) is 2.84. The number of benzene rings is 2. The van der Waals surface area contributed by atoms with Crippen LogP contribution in [0.1, 0.15) is 5.56 Å². The van der Waals surface area contributed by atoms with E-state index in [2.05, 4.69) is 4.72 Å². The number of nitrogens with one attached hydrogen (secondary N) is 1. The summed E-state index contributed by atoms with van der Waals surface area (Å²) < 4.78 is 33.3. The van der Waals surface area contributed by atoms with Gasteiger partial charge in [0, 0.05) is 6.07 Å². The number of hydrogen-bond acceptors (Lipinski definition) is 3. The highest BCUT2D eigenvalue weighted by molar-refractivity contribution is 7.80. The van der Waals surface area contributed by atoms with Gasteiger partial charge in [-0.2, -0.15) is 0 Å². The average molecular weight is 303 g/mol. The molecule has 1 heterocycles. The molecular weight excluding hydrogens is 289 g/mol. The van der Waals surface area contributed by atoms with E-state index in [0.29, 0.717) is 23.8 Å². The number of rotatable bonds is 4. The second-order valence-electron chi connectivity index (χ2n) is 4.79. The van der Waals surface area contributed by atoms with Crippen molar-refractivity contribution in [3.05, 3.63) is 48.0 Å². The van der Waals surface area contributed by atoms with Gasteiger partial charge < -0.3 is 9.39 Å². The van der Waals surface area contributed by atoms with Crippen molar-refractivity contribution in [3.63, 3.8) is 0 Å². The van der Waals surface area contributed by atoms with E-state index in [0.717, 1.165) is 5.56 Å². The molecule has 0 fully saturated rings. The summed E-state index contributed by atoms with van der Waals surface area (Å²) in [6.45, 7) is 2.75. The van der Waals surface area contributed by atoms with E-state index in [1.807, 2.05) is 25.0 Å². The molecule has 0 spiro atoms. The minimum atomic E-state index is -2.10. The van der Waals surface area contributed by atoms with Gasteiger partial charge in [0.2, 0.25) is 0 Å². The van der Waals surface area contributed by atoms with Crippen LogP contribution in [-0.4, -0.2) is 15.7 Å². The molecule has 2 N–H and O–H groups in total. The molecule has 7 heteroatoms. The van der Waals surface area contributed by atoms with Gasteiger partial charge >= 0.3 is 6.92 Å². The standard InChI is InChI=1S/C14H14BNO4S/c1-15-14-6-5-13(7-10(14)9-19-15)20-12-4-2-3-11(8-12)16-21(17)18/h2-8,16H,9H2,1H3,(H,17,18). The lowest BCUT2D eigenvalue weighted by Crippen LogP contribution is -2.23. The van der Waals surface area contributed by atoms with Gasteiger partial charge in [-0.3, -0.25) is 9.27 Å². The highest BCUT2D eigenvalue weighted by Crippen LogP contribution is 2.26. The van der Waals surface area contributed by atoms with Crippen LogP contribution in [0.5, 0.6) is 11.5 Å². The van der Waals surface area contributed by atoms with Crippen LogP contribution in [0.15, 0.2) is 42.5 Å². The minimum absolute atomic E-state index is 0.126. The molecule has 21 heavy (non-hydrogen) atoms. The van der Waals surface area contributed by atoms with Gasteiger partial charge in [0.25, 0.3) is 11.3 Å². The normalized spacial score (nSPS) is 14.7. The van der Waals surface area contributed by atoms with Gasteiger partial charge in [-0.05, 0) is 35.3 Å². The molecule has 0 aliphatic carbocycles. The predicted octanol–water partition coefficient (Wildman–Crippen LogP) is 2.39. The van der Waals surface area contributed by atoms with E-state index in [-0.39, 0.29) is 6.92 Å². The minimum Gasteiger partial charge on any atom is -0.457 e. The zero-order valence-electron chi connectivity index (χ0n) is 11.4. The SMILES string of the molecule is CB1OCc2cc(Oc3cccc(NS(=O)O)c3)ccc21. The Morgan fingerprint density at radius 2 is 2.10 bits per heavy atom. The van der Waals surface area contributed by atoms with Crippen LogP contribution < -0.4 is 14.9 Å². The molecule has 2 aromatic carbocycles. The Morgan fingerprint density at radius 3 is 2.90 bits per heavy atom. The summed E-state index contributed by atoms with van der Waals surface area (Å²) in [5, 5.41) is 0. The molecule has 5 nitrogen and oxygen atoms in total. The second-order valence-corrected chi connectivity index (χ2v) is 5.50. The molecular formula is C14H14BNO4S.